The summed E-state index contributed by atoms with van der Waals surface area (Å²) in [5.41, 5.74) is 5.51. The normalized spacial score (nSPS) is 19.1. The molecule has 1 aliphatic rings. The summed E-state index contributed by atoms with van der Waals surface area (Å²) in [5.74, 6) is -0.514. The van der Waals surface area contributed by atoms with Crippen molar-refractivity contribution in [3.63, 3.8) is 0 Å². The number of rotatable bonds is 7. The Balaban J connectivity index is 2.32. The molecule has 1 aliphatic carbocycles. The number of carbonyl (C=O) groups excluding carboxylic acids is 2. The zero-order valence-electron chi connectivity index (χ0n) is 13.2. The lowest BCUT2D eigenvalue weighted by molar-refractivity contribution is -0.127. The third-order valence-electron chi connectivity index (χ3n) is 4.35. The Kier molecular flexibility index (Phi) is 7.11. The lowest BCUT2D eigenvalue weighted by atomic mass is 9.74. The molecule has 0 radical (unpaired) electrons. The number of nitrogens with one attached hydrogen (secondary N) is 2. The number of hydrogen-bond donors (Lipinski definition) is 4. The van der Waals surface area contributed by atoms with Crippen LogP contribution in [0.3, 0.4) is 0 Å². The summed E-state index contributed by atoms with van der Waals surface area (Å²) in [4.78, 5) is 23.5. The Morgan fingerprint density at radius 3 is 2.33 bits per heavy atom. The number of hydrogen-bond acceptors (Lipinski definition) is 4. The SMILES string of the molecule is CC(C)[C@H](N)C(=O)NCC(=O)NCC1(CO)CCCCC1. The van der Waals surface area contributed by atoms with Gasteiger partial charge in [-0.2, -0.15) is 0 Å². The second-order valence-electron chi connectivity index (χ2n) is 6.48. The molecule has 0 aliphatic heterocycles. The van der Waals surface area contributed by atoms with Crippen LogP contribution in [0, 0.1) is 11.3 Å². The van der Waals surface area contributed by atoms with Gasteiger partial charge in [-0.1, -0.05) is 33.1 Å². The highest BCUT2D eigenvalue weighted by Crippen LogP contribution is 2.35. The van der Waals surface area contributed by atoms with Gasteiger partial charge < -0.3 is 21.5 Å². The van der Waals surface area contributed by atoms with Crippen LogP contribution in [0.25, 0.3) is 0 Å². The zero-order chi connectivity index (χ0) is 15.9. The molecule has 0 heterocycles. The number of nitrogens with two attached hydrogens (primary N) is 1. The van der Waals surface area contributed by atoms with E-state index >= 15 is 0 Å². The molecule has 6 nitrogen and oxygen atoms in total. The van der Waals surface area contributed by atoms with E-state index < -0.39 is 6.04 Å². The van der Waals surface area contributed by atoms with E-state index in [4.69, 9.17) is 5.73 Å². The molecule has 21 heavy (non-hydrogen) atoms. The minimum atomic E-state index is -0.597. The molecule has 1 rings (SSSR count). The highest BCUT2D eigenvalue weighted by atomic mass is 16.3. The molecule has 5 N–H and O–H groups in total. The van der Waals surface area contributed by atoms with Crippen LogP contribution in [0.1, 0.15) is 46.0 Å². The summed E-state index contributed by atoms with van der Waals surface area (Å²) >= 11 is 0. The van der Waals surface area contributed by atoms with Crippen LogP contribution in [0.4, 0.5) is 0 Å². The predicted molar refractivity (Wildman–Crippen MR) is 81.4 cm³/mol. The van der Waals surface area contributed by atoms with Crippen molar-refractivity contribution in [2.75, 3.05) is 19.7 Å². The van der Waals surface area contributed by atoms with Gasteiger partial charge in [-0.25, -0.2) is 0 Å². The quantitative estimate of drug-likeness (QED) is 0.537. The fourth-order valence-electron chi connectivity index (χ4n) is 2.63. The van der Waals surface area contributed by atoms with Gasteiger partial charge in [0.05, 0.1) is 19.2 Å². The Morgan fingerprint density at radius 1 is 1.19 bits per heavy atom. The Labute approximate surface area is 126 Å². The minimum Gasteiger partial charge on any atom is -0.396 e. The first kappa shape index (κ1) is 17.9. The van der Waals surface area contributed by atoms with Crippen molar-refractivity contribution in [3.8, 4) is 0 Å². The largest absolute Gasteiger partial charge is 0.396 e. The molecule has 1 saturated carbocycles. The van der Waals surface area contributed by atoms with E-state index in [0.717, 1.165) is 25.7 Å². The Hall–Kier alpha value is -1.14. The molecule has 0 unspecified atom stereocenters. The Bertz CT molecular complexity index is 352. The van der Waals surface area contributed by atoms with Gasteiger partial charge >= 0.3 is 0 Å². The molecule has 122 valence electrons. The van der Waals surface area contributed by atoms with Crippen molar-refractivity contribution in [2.24, 2.45) is 17.1 Å². The number of amides is 2. The Morgan fingerprint density at radius 2 is 1.81 bits per heavy atom. The molecule has 6 heteroatoms. The van der Waals surface area contributed by atoms with Gasteiger partial charge in [0.25, 0.3) is 0 Å². The molecular weight excluding hydrogens is 270 g/mol. The molecule has 0 aromatic rings. The van der Waals surface area contributed by atoms with Crippen LogP contribution in [0.15, 0.2) is 0 Å². The topological polar surface area (TPSA) is 104 Å². The monoisotopic (exact) mass is 299 g/mol. The molecule has 1 atom stereocenters. The van der Waals surface area contributed by atoms with Gasteiger partial charge in [0.1, 0.15) is 0 Å². The van der Waals surface area contributed by atoms with Crippen molar-refractivity contribution in [1.82, 2.24) is 10.6 Å². The zero-order valence-corrected chi connectivity index (χ0v) is 13.2. The molecule has 0 aromatic heterocycles. The summed E-state index contributed by atoms with van der Waals surface area (Å²) in [6, 6.07) is -0.597. The predicted octanol–water partition coefficient (Wildman–Crippen LogP) is 0.145. The van der Waals surface area contributed by atoms with E-state index in [1.165, 1.54) is 6.42 Å². The van der Waals surface area contributed by atoms with Crippen molar-refractivity contribution < 1.29 is 14.7 Å². The maximum atomic E-state index is 11.8. The fraction of sp³-hybridized carbons (Fsp3) is 0.867. The highest BCUT2D eigenvalue weighted by molar-refractivity contribution is 5.87. The number of carbonyl (C=O) groups is 2. The van der Waals surface area contributed by atoms with E-state index in [-0.39, 0.29) is 36.3 Å². The second kappa shape index (κ2) is 8.34. The van der Waals surface area contributed by atoms with Crippen LogP contribution >= 0.6 is 0 Å². The molecule has 1 fully saturated rings. The summed E-state index contributed by atoms with van der Waals surface area (Å²) in [7, 11) is 0. The van der Waals surface area contributed by atoms with Crippen LogP contribution in [0.5, 0.6) is 0 Å². The maximum absolute atomic E-state index is 11.8. The number of aliphatic hydroxyl groups excluding tert-OH is 1. The third-order valence-corrected chi connectivity index (χ3v) is 4.35. The van der Waals surface area contributed by atoms with Crippen LogP contribution in [-0.2, 0) is 9.59 Å². The molecule has 0 spiro atoms. The first-order valence-corrected chi connectivity index (χ1v) is 7.81. The summed E-state index contributed by atoms with van der Waals surface area (Å²) < 4.78 is 0. The summed E-state index contributed by atoms with van der Waals surface area (Å²) in [5, 5.41) is 14.9. The average molecular weight is 299 g/mol. The van der Waals surface area contributed by atoms with E-state index in [9.17, 15) is 14.7 Å². The third kappa shape index (κ3) is 5.63. The average Bonchev–Trinajstić information content (AvgIpc) is 2.50. The standard InChI is InChI=1S/C15H29N3O3/c1-11(2)13(16)14(21)17-8-12(20)18-9-15(10-19)6-4-3-5-7-15/h11,13,19H,3-10,16H2,1-2H3,(H,17,21)(H,18,20)/t13-/m0/s1. The van der Waals surface area contributed by atoms with Crippen LogP contribution in [-0.4, -0.2) is 42.7 Å². The molecule has 0 bridgehead atoms. The van der Waals surface area contributed by atoms with Crippen molar-refractivity contribution in [1.29, 1.82) is 0 Å². The van der Waals surface area contributed by atoms with Gasteiger partial charge in [-0.3, -0.25) is 9.59 Å². The van der Waals surface area contributed by atoms with Crippen LogP contribution < -0.4 is 16.4 Å². The summed E-state index contributed by atoms with van der Waals surface area (Å²) in [6.07, 6.45) is 5.26. The van der Waals surface area contributed by atoms with Gasteiger partial charge in [0, 0.05) is 12.0 Å². The lowest BCUT2D eigenvalue weighted by Gasteiger charge is -2.35. The van der Waals surface area contributed by atoms with E-state index in [1.54, 1.807) is 0 Å². The molecular formula is C15H29N3O3. The maximum Gasteiger partial charge on any atom is 0.239 e. The summed E-state index contributed by atoms with van der Waals surface area (Å²) in [6.45, 7) is 4.21. The van der Waals surface area contributed by atoms with Crippen molar-refractivity contribution >= 4 is 11.8 Å². The van der Waals surface area contributed by atoms with E-state index in [2.05, 4.69) is 10.6 Å². The highest BCUT2D eigenvalue weighted by Gasteiger charge is 2.31. The lowest BCUT2D eigenvalue weighted by Crippen LogP contribution is -2.49. The molecule has 0 saturated heterocycles. The van der Waals surface area contributed by atoms with Crippen molar-refractivity contribution in [3.05, 3.63) is 0 Å². The van der Waals surface area contributed by atoms with Gasteiger partial charge in [0.2, 0.25) is 11.8 Å². The molecule has 2 amide bonds. The first-order chi connectivity index (χ1) is 9.90. The van der Waals surface area contributed by atoms with Crippen molar-refractivity contribution in [2.45, 2.75) is 52.0 Å². The van der Waals surface area contributed by atoms with Crippen LogP contribution in [0.2, 0.25) is 0 Å². The minimum absolute atomic E-state index is 0.0351. The fourth-order valence-corrected chi connectivity index (χ4v) is 2.63. The van der Waals surface area contributed by atoms with Gasteiger partial charge in [-0.15, -0.1) is 0 Å². The van der Waals surface area contributed by atoms with E-state index in [1.807, 2.05) is 13.8 Å². The van der Waals surface area contributed by atoms with E-state index in [0.29, 0.717) is 6.54 Å². The van der Waals surface area contributed by atoms with Gasteiger partial charge in [0.15, 0.2) is 0 Å². The number of aliphatic hydroxyl groups is 1. The second-order valence-corrected chi connectivity index (χ2v) is 6.48. The first-order valence-electron chi connectivity index (χ1n) is 7.81. The van der Waals surface area contributed by atoms with Gasteiger partial charge in [-0.05, 0) is 18.8 Å². The molecule has 0 aromatic carbocycles. The smallest absolute Gasteiger partial charge is 0.239 e.